The van der Waals surface area contributed by atoms with Gasteiger partial charge in [0.1, 0.15) is 5.75 Å². The summed E-state index contributed by atoms with van der Waals surface area (Å²) in [5.74, 6) is 0.0675. The van der Waals surface area contributed by atoms with Crippen LogP contribution in [0.1, 0.15) is 17.5 Å². The number of benzene rings is 3. The van der Waals surface area contributed by atoms with Gasteiger partial charge in [-0.15, -0.1) is 0 Å². The van der Waals surface area contributed by atoms with Gasteiger partial charge in [-0.25, -0.2) is 8.42 Å². The number of halogens is 1. The largest absolute Gasteiger partial charge is 0.484 e. The van der Waals surface area contributed by atoms with E-state index in [0.29, 0.717) is 23.0 Å². The maximum absolute atomic E-state index is 13.2. The van der Waals surface area contributed by atoms with E-state index in [4.69, 9.17) is 16.3 Å². The number of hydrogen-bond donors (Lipinski definition) is 1. The third kappa shape index (κ3) is 4.74. The highest BCUT2D eigenvalue weighted by molar-refractivity contribution is 7.92. The summed E-state index contributed by atoms with van der Waals surface area (Å²) in [5.41, 5.74) is 3.27. The van der Waals surface area contributed by atoms with E-state index in [0.717, 1.165) is 29.7 Å². The van der Waals surface area contributed by atoms with Crippen molar-refractivity contribution in [2.24, 2.45) is 0 Å². The van der Waals surface area contributed by atoms with Crippen LogP contribution < -0.4 is 14.4 Å². The van der Waals surface area contributed by atoms with Crippen LogP contribution in [0, 0.1) is 6.92 Å². The van der Waals surface area contributed by atoms with Gasteiger partial charge in [-0.3, -0.25) is 9.10 Å². The van der Waals surface area contributed by atoms with Crippen molar-refractivity contribution in [2.75, 3.05) is 22.8 Å². The Morgan fingerprint density at radius 2 is 1.84 bits per heavy atom. The molecule has 0 aromatic heterocycles. The Bertz CT molecular complexity index is 1240. The molecule has 0 saturated carbocycles. The number of para-hydroxylation sites is 1. The Morgan fingerprint density at radius 1 is 1.09 bits per heavy atom. The highest BCUT2D eigenvalue weighted by Gasteiger charge is 2.28. The van der Waals surface area contributed by atoms with Crippen LogP contribution in [0.15, 0.2) is 71.6 Å². The van der Waals surface area contributed by atoms with E-state index in [1.165, 1.54) is 16.4 Å². The first-order chi connectivity index (χ1) is 15.3. The van der Waals surface area contributed by atoms with Gasteiger partial charge < -0.3 is 10.1 Å². The monoisotopic (exact) mass is 470 g/mol. The van der Waals surface area contributed by atoms with Gasteiger partial charge >= 0.3 is 0 Å². The molecular formula is C24H23ClN2O4S. The molecule has 1 N–H and O–H groups in total. The molecule has 0 radical (unpaired) electrons. The lowest BCUT2D eigenvalue weighted by Gasteiger charge is -2.30. The number of ether oxygens (including phenoxy) is 1. The first kappa shape index (κ1) is 22.2. The standard InChI is InChI=1S/C24H23ClN2O4S/c1-17-8-9-19(25)15-22(17)26-24(28)16-31-20-10-12-21(13-11-20)32(29,30)27-14-4-6-18-5-2-3-7-23(18)27/h2-3,5,7-13,15H,4,6,14,16H2,1H3,(H,26,28). The van der Waals surface area contributed by atoms with Crippen LogP contribution in [0.5, 0.6) is 5.75 Å². The fraction of sp³-hybridized carbons (Fsp3) is 0.208. The molecule has 166 valence electrons. The molecule has 32 heavy (non-hydrogen) atoms. The molecule has 0 bridgehead atoms. The molecule has 1 heterocycles. The van der Waals surface area contributed by atoms with Crippen molar-refractivity contribution in [1.82, 2.24) is 0 Å². The molecule has 3 aromatic carbocycles. The van der Waals surface area contributed by atoms with Crippen LogP contribution in [0.2, 0.25) is 5.02 Å². The lowest BCUT2D eigenvalue weighted by atomic mass is 10.0. The zero-order valence-electron chi connectivity index (χ0n) is 17.5. The van der Waals surface area contributed by atoms with Gasteiger partial charge in [0.25, 0.3) is 15.9 Å². The SMILES string of the molecule is Cc1ccc(Cl)cc1NC(=O)COc1ccc(S(=O)(=O)N2CCCc3ccccc32)cc1. The summed E-state index contributed by atoms with van der Waals surface area (Å²) in [5, 5.41) is 3.29. The second-order valence-electron chi connectivity index (χ2n) is 7.58. The summed E-state index contributed by atoms with van der Waals surface area (Å²) >= 11 is 5.97. The third-order valence-electron chi connectivity index (χ3n) is 5.32. The number of fused-ring (bicyclic) bond motifs is 1. The van der Waals surface area contributed by atoms with Gasteiger partial charge in [-0.2, -0.15) is 0 Å². The van der Waals surface area contributed by atoms with Crippen molar-refractivity contribution >= 4 is 38.9 Å². The number of anilines is 2. The van der Waals surface area contributed by atoms with E-state index in [1.807, 2.05) is 37.3 Å². The predicted molar refractivity (Wildman–Crippen MR) is 126 cm³/mol. The summed E-state index contributed by atoms with van der Waals surface area (Å²) in [6, 6.07) is 18.9. The Kier molecular flexibility index (Phi) is 6.39. The van der Waals surface area contributed by atoms with Gasteiger partial charge in [0.2, 0.25) is 0 Å². The second kappa shape index (κ2) is 9.22. The first-order valence-corrected chi connectivity index (χ1v) is 12.1. The first-order valence-electron chi connectivity index (χ1n) is 10.2. The molecule has 4 rings (SSSR count). The number of hydrogen-bond acceptors (Lipinski definition) is 4. The Morgan fingerprint density at radius 3 is 2.62 bits per heavy atom. The molecular weight excluding hydrogens is 448 g/mol. The summed E-state index contributed by atoms with van der Waals surface area (Å²) in [6.07, 6.45) is 1.64. The van der Waals surface area contributed by atoms with Crippen molar-refractivity contribution in [3.05, 3.63) is 82.9 Å². The normalized spacial score (nSPS) is 13.4. The summed E-state index contributed by atoms with van der Waals surface area (Å²) < 4.78 is 33.4. The molecule has 1 aliphatic rings. The zero-order chi connectivity index (χ0) is 22.7. The number of sulfonamides is 1. The van der Waals surface area contributed by atoms with Crippen molar-refractivity contribution < 1.29 is 17.9 Å². The number of aryl methyl sites for hydroxylation is 2. The lowest BCUT2D eigenvalue weighted by Crippen LogP contribution is -2.35. The number of carbonyl (C=O) groups is 1. The zero-order valence-corrected chi connectivity index (χ0v) is 19.1. The molecule has 1 amide bonds. The van der Waals surface area contributed by atoms with Crippen LogP contribution in [-0.4, -0.2) is 27.5 Å². The molecule has 0 atom stereocenters. The molecule has 0 saturated heterocycles. The maximum atomic E-state index is 13.2. The number of carbonyl (C=O) groups excluding carboxylic acids is 1. The van der Waals surface area contributed by atoms with E-state index in [2.05, 4.69) is 5.32 Å². The second-order valence-corrected chi connectivity index (χ2v) is 9.88. The smallest absolute Gasteiger partial charge is 0.264 e. The molecule has 0 fully saturated rings. The molecule has 0 unspecified atom stereocenters. The molecule has 0 aliphatic carbocycles. The summed E-state index contributed by atoms with van der Waals surface area (Å²) in [7, 11) is -3.69. The predicted octanol–water partition coefficient (Wildman–Crippen LogP) is 4.81. The van der Waals surface area contributed by atoms with Crippen molar-refractivity contribution in [2.45, 2.75) is 24.7 Å². The Labute approximate surface area is 192 Å². The Hall–Kier alpha value is -3.03. The van der Waals surface area contributed by atoms with E-state index < -0.39 is 10.0 Å². The third-order valence-corrected chi connectivity index (χ3v) is 7.39. The highest BCUT2D eigenvalue weighted by Crippen LogP contribution is 2.32. The topological polar surface area (TPSA) is 75.7 Å². The fourth-order valence-corrected chi connectivity index (χ4v) is 5.36. The molecule has 1 aliphatic heterocycles. The van der Waals surface area contributed by atoms with Crippen LogP contribution >= 0.6 is 11.6 Å². The minimum absolute atomic E-state index is 0.181. The minimum atomic E-state index is -3.69. The van der Waals surface area contributed by atoms with Gasteiger partial charge in [-0.05, 0) is 73.4 Å². The summed E-state index contributed by atoms with van der Waals surface area (Å²) in [4.78, 5) is 12.4. The van der Waals surface area contributed by atoms with Gasteiger partial charge in [-0.1, -0.05) is 35.9 Å². The van der Waals surface area contributed by atoms with E-state index >= 15 is 0 Å². The number of nitrogens with one attached hydrogen (secondary N) is 1. The lowest BCUT2D eigenvalue weighted by molar-refractivity contribution is -0.118. The molecule has 8 heteroatoms. The average Bonchev–Trinajstić information content (AvgIpc) is 2.80. The van der Waals surface area contributed by atoms with E-state index in [9.17, 15) is 13.2 Å². The molecule has 6 nitrogen and oxygen atoms in total. The van der Waals surface area contributed by atoms with Crippen LogP contribution in [0.3, 0.4) is 0 Å². The Balaban J connectivity index is 1.42. The molecule has 0 spiro atoms. The average molecular weight is 471 g/mol. The van der Waals surface area contributed by atoms with Crippen molar-refractivity contribution in [1.29, 1.82) is 0 Å². The number of rotatable bonds is 6. The van der Waals surface area contributed by atoms with Gasteiger partial charge in [0.15, 0.2) is 6.61 Å². The highest BCUT2D eigenvalue weighted by atomic mass is 35.5. The molecule has 3 aromatic rings. The van der Waals surface area contributed by atoms with Crippen LogP contribution in [-0.2, 0) is 21.2 Å². The van der Waals surface area contributed by atoms with E-state index in [-0.39, 0.29) is 17.4 Å². The van der Waals surface area contributed by atoms with E-state index in [1.54, 1.807) is 24.3 Å². The van der Waals surface area contributed by atoms with Gasteiger partial charge in [0.05, 0.1) is 10.6 Å². The number of nitrogens with zero attached hydrogens (tertiary/aromatic N) is 1. The number of amides is 1. The van der Waals surface area contributed by atoms with Crippen molar-refractivity contribution in [3.63, 3.8) is 0 Å². The fourth-order valence-electron chi connectivity index (χ4n) is 3.65. The quantitative estimate of drug-likeness (QED) is 0.561. The maximum Gasteiger partial charge on any atom is 0.264 e. The van der Waals surface area contributed by atoms with Crippen LogP contribution in [0.4, 0.5) is 11.4 Å². The minimum Gasteiger partial charge on any atom is -0.484 e. The summed E-state index contributed by atoms with van der Waals surface area (Å²) in [6.45, 7) is 2.10. The van der Waals surface area contributed by atoms with Crippen LogP contribution in [0.25, 0.3) is 0 Å². The van der Waals surface area contributed by atoms with Gasteiger partial charge in [0, 0.05) is 17.3 Å². The van der Waals surface area contributed by atoms with Crippen molar-refractivity contribution in [3.8, 4) is 5.75 Å².